The van der Waals surface area contributed by atoms with Crippen molar-refractivity contribution in [3.63, 3.8) is 0 Å². The SMILES string of the molecule is CC(=O)Oc1cc2c(c(C)c1C)OC(C)CC2.CCCC(C)CCCC(C)CCCC(C)C. The zero-order valence-electron chi connectivity index (χ0n) is 23.2. The van der Waals surface area contributed by atoms with Gasteiger partial charge in [0.05, 0.1) is 6.10 Å². The van der Waals surface area contributed by atoms with Crippen molar-refractivity contribution in [2.75, 3.05) is 0 Å². The average Bonchev–Trinajstić information content (AvgIpc) is 2.72. The normalized spacial score (nSPS) is 16.8. The highest BCUT2D eigenvalue weighted by Crippen LogP contribution is 2.37. The van der Waals surface area contributed by atoms with Gasteiger partial charge in [0.15, 0.2) is 0 Å². The van der Waals surface area contributed by atoms with Crippen molar-refractivity contribution in [2.24, 2.45) is 17.8 Å². The Bertz CT molecular complexity index is 707. The van der Waals surface area contributed by atoms with Gasteiger partial charge in [-0.25, -0.2) is 0 Å². The molecule has 190 valence electrons. The number of carbonyl (C=O) groups excluding carboxylic acids is 1. The van der Waals surface area contributed by atoms with Crippen molar-refractivity contribution in [1.82, 2.24) is 0 Å². The van der Waals surface area contributed by atoms with E-state index in [2.05, 4.69) is 41.5 Å². The van der Waals surface area contributed by atoms with E-state index in [1.165, 1.54) is 58.3 Å². The van der Waals surface area contributed by atoms with Gasteiger partial charge in [0.25, 0.3) is 0 Å². The molecule has 0 N–H and O–H groups in total. The Morgan fingerprint density at radius 1 is 1.00 bits per heavy atom. The molecule has 3 nitrogen and oxygen atoms in total. The first kappa shape index (κ1) is 29.5. The predicted octanol–water partition coefficient (Wildman–Crippen LogP) is 9.00. The molecule has 1 aliphatic heterocycles. The van der Waals surface area contributed by atoms with E-state index in [1.54, 1.807) is 0 Å². The maximum atomic E-state index is 11.0. The van der Waals surface area contributed by atoms with Gasteiger partial charge in [-0.1, -0.05) is 86.0 Å². The lowest BCUT2D eigenvalue weighted by molar-refractivity contribution is -0.131. The van der Waals surface area contributed by atoms with Gasteiger partial charge in [0.2, 0.25) is 0 Å². The van der Waals surface area contributed by atoms with E-state index < -0.39 is 0 Å². The van der Waals surface area contributed by atoms with Crippen molar-refractivity contribution in [2.45, 2.75) is 133 Å². The summed E-state index contributed by atoms with van der Waals surface area (Å²) in [5, 5.41) is 0. The van der Waals surface area contributed by atoms with Crippen molar-refractivity contribution in [1.29, 1.82) is 0 Å². The number of ether oxygens (including phenoxy) is 2. The van der Waals surface area contributed by atoms with Crippen molar-refractivity contribution < 1.29 is 14.3 Å². The molecule has 1 aliphatic rings. The Labute approximate surface area is 205 Å². The third-order valence-corrected chi connectivity index (χ3v) is 6.92. The molecule has 3 unspecified atom stereocenters. The number of fused-ring (bicyclic) bond motifs is 1. The summed E-state index contributed by atoms with van der Waals surface area (Å²) in [5.74, 6) is 4.14. The number of aryl methyl sites for hydroxylation is 1. The number of carbonyl (C=O) groups is 1. The number of benzene rings is 1. The first-order valence-corrected chi connectivity index (χ1v) is 13.5. The summed E-state index contributed by atoms with van der Waals surface area (Å²) in [5.41, 5.74) is 3.20. The number of rotatable bonds is 11. The van der Waals surface area contributed by atoms with E-state index in [0.717, 1.165) is 53.0 Å². The highest BCUT2D eigenvalue weighted by molar-refractivity contribution is 5.70. The number of hydrogen-bond acceptors (Lipinski definition) is 3. The lowest BCUT2D eigenvalue weighted by atomic mass is 9.92. The summed E-state index contributed by atoms with van der Waals surface area (Å²) in [4.78, 5) is 11.0. The Morgan fingerprint density at radius 3 is 2.12 bits per heavy atom. The molecule has 33 heavy (non-hydrogen) atoms. The van der Waals surface area contributed by atoms with Crippen LogP contribution in [0.3, 0.4) is 0 Å². The molecule has 0 aromatic heterocycles. The van der Waals surface area contributed by atoms with Crippen LogP contribution in [0.15, 0.2) is 6.07 Å². The van der Waals surface area contributed by atoms with E-state index in [0.29, 0.717) is 5.75 Å². The molecule has 0 saturated carbocycles. The molecule has 0 spiro atoms. The molecule has 1 heterocycles. The highest BCUT2D eigenvalue weighted by atomic mass is 16.5. The molecular formula is C30H52O3. The predicted molar refractivity (Wildman–Crippen MR) is 141 cm³/mol. The molecule has 2 rings (SSSR count). The van der Waals surface area contributed by atoms with Crippen molar-refractivity contribution in [3.8, 4) is 11.5 Å². The minimum atomic E-state index is -0.280. The Hall–Kier alpha value is -1.51. The fourth-order valence-electron chi connectivity index (χ4n) is 4.63. The van der Waals surface area contributed by atoms with E-state index in [1.807, 2.05) is 19.9 Å². The van der Waals surface area contributed by atoms with E-state index in [-0.39, 0.29) is 12.1 Å². The summed E-state index contributed by atoms with van der Waals surface area (Å²) >= 11 is 0. The van der Waals surface area contributed by atoms with Crippen LogP contribution in [0, 0.1) is 31.6 Å². The second kappa shape index (κ2) is 15.4. The molecule has 1 aromatic rings. The van der Waals surface area contributed by atoms with E-state index >= 15 is 0 Å². The van der Waals surface area contributed by atoms with Gasteiger partial charge >= 0.3 is 5.97 Å². The van der Waals surface area contributed by atoms with Crippen molar-refractivity contribution in [3.05, 3.63) is 22.8 Å². The fraction of sp³-hybridized carbons (Fsp3) is 0.767. The fourth-order valence-corrected chi connectivity index (χ4v) is 4.63. The van der Waals surface area contributed by atoms with Gasteiger partial charge in [-0.3, -0.25) is 4.79 Å². The highest BCUT2D eigenvalue weighted by Gasteiger charge is 2.21. The van der Waals surface area contributed by atoms with Gasteiger partial charge in [0.1, 0.15) is 11.5 Å². The zero-order valence-corrected chi connectivity index (χ0v) is 23.2. The lowest BCUT2D eigenvalue weighted by Crippen LogP contribution is -2.20. The Morgan fingerprint density at radius 2 is 1.58 bits per heavy atom. The van der Waals surface area contributed by atoms with E-state index in [9.17, 15) is 4.79 Å². The topological polar surface area (TPSA) is 35.5 Å². The second-order valence-electron chi connectivity index (χ2n) is 10.9. The molecular weight excluding hydrogens is 408 g/mol. The lowest BCUT2D eigenvalue weighted by Gasteiger charge is -2.26. The number of hydrogen-bond donors (Lipinski definition) is 0. The summed E-state index contributed by atoms with van der Waals surface area (Å²) < 4.78 is 11.1. The molecule has 0 fully saturated rings. The zero-order chi connectivity index (χ0) is 25.0. The Balaban J connectivity index is 0.000000331. The summed E-state index contributed by atoms with van der Waals surface area (Å²) in [6.45, 7) is 19.3. The summed E-state index contributed by atoms with van der Waals surface area (Å²) in [7, 11) is 0. The van der Waals surface area contributed by atoms with Crippen LogP contribution in [0.2, 0.25) is 0 Å². The molecule has 0 bridgehead atoms. The van der Waals surface area contributed by atoms with Gasteiger partial charge in [-0.05, 0) is 74.1 Å². The van der Waals surface area contributed by atoms with E-state index in [4.69, 9.17) is 9.47 Å². The number of esters is 1. The quantitative estimate of drug-likeness (QED) is 0.244. The van der Waals surface area contributed by atoms with Crippen molar-refractivity contribution >= 4 is 5.97 Å². The van der Waals surface area contributed by atoms with Crippen LogP contribution in [-0.2, 0) is 11.2 Å². The summed E-state index contributed by atoms with van der Waals surface area (Å²) in [6, 6.07) is 1.94. The van der Waals surface area contributed by atoms with Crippen LogP contribution in [0.25, 0.3) is 0 Å². The van der Waals surface area contributed by atoms with Crippen LogP contribution in [0.1, 0.15) is 123 Å². The minimum Gasteiger partial charge on any atom is -0.490 e. The second-order valence-corrected chi connectivity index (χ2v) is 10.9. The molecule has 3 atom stereocenters. The maximum absolute atomic E-state index is 11.0. The Kier molecular flexibility index (Phi) is 13.8. The molecule has 0 radical (unpaired) electrons. The molecule has 3 heteroatoms. The van der Waals surface area contributed by atoms with Gasteiger partial charge in [-0.15, -0.1) is 0 Å². The molecule has 0 amide bonds. The molecule has 0 aliphatic carbocycles. The average molecular weight is 461 g/mol. The molecule has 0 saturated heterocycles. The largest absolute Gasteiger partial charge is 0.490 e. The minimum absolute atomic E-state index is 0.264. The maximum Gasteiger partial charge on any atom is 0.308 e. The van der Waals surface area contributed by atoms with Gasteiger partial charge in [0, 0.05) is 6.92 Å². The third-order valence-electron chi connectivity index (χ3n) is 6.92. The third kappa shape index (κ3) is 11.5. The smallest absolute Gasteiger partial charge is 0.308 e. The van der Waals surface area contributed by atoms with Crippen LogP contribution < -0.4 is 9.47 Å². The first-order chi connectivity index (χ1) is 15.5. The summed E-state index contributed by atoms with van der Waals surface area (Å²) in [6.07, 6.45) is 13.7. The van der Waals surface area contributed by atoms with Gasteiger partial charge < -0.3 is 9.47 Å². The van der Waals surface area contributed by atoms with Crippen LogP contribution >= 0.6 is 0 Å². The van der Waals surface area contributed by atoms with Crippen LogP contribution in [0.4, 0.5) is 0 Å². The van der Waals surface area contributed by atoms with Gasteiger partial charge in [-0.2, -0.15) is 0 Å². The monoisotopic (exact) mass is 460 g/mol. The van der Waals surface area contributed by atoms with Crippen LogP contribution in [0.5, 0.6) is 11.5 Å². The first-order valence-electron chi connectivity index (χ1n) is 13.5. The van der Waals surface area contributed by atoms with Crippen LogP contribution in [-0.4, -0.2) is 12.1 Å². The standard InChI is InChI=1S/C16H34.C14H18O3/c1-6-9-15(4)12-8-13-16(5)11-7-10-14(2)3;1-8-5-6-12-7-13(17-11(4)15)9(2)10(3)14(12)16-8/h14-16H,6-13H2,1-5H3;7-8H,5-6H2,1-4H3. The molecule has 1 aromatic carbocycles.